The van der Waals surface area contributed by atoms with Gasteiger partial charge in [0.25, 0.3) is 0 Å². The van der Waals surface area contributed by atoms with Crippen LogP contribution in [0, 0.1) is 0 Å². The predicted molar refractivity (Wildman–Crippen MR) is 51.6 cm³/mol. The summed E-state index contributed by atoms with van der Waals surface area (Å²) < 4.78 is 9.66. The quantitative estimate of drug-likeness (QED) is 0.468. The zero-order valence-electron chi connectivity index (χ0n) is 6.91. The Morgan fingerprint density at radius 3 is 2.85 bits per heavy atom. The molecule has 0 bridgehead atoms. The molecule has 0 aliphatic carbocycles. The van der Waals surface area contributed by atoms with Crippen molar-refractivity contribution in [2.75, 3.05) is 12.8 Å². The fourth-order valence-electron chi connectivity index (χ4n) is 0.738. The molecule has 0 radical (unpaired) electrons. The summed E-state index contributed by atoms with van der Waals surface area (Å²) in [5, 5.41) is 0. The Kier molecular flexibility index (Phi) is 3.13. The van der Waals surface area contributed by atoms with Crippen LogP contribution in [0.3, 0.4) is 0 Å². The van der Waals surface area contributed by atoms with Crippen LogP contribution in [0.4, 0.5) is 10.5 Å². The van der Waals surface area contributed by atoms with Crippen molar-refractivity contribution < 1.29 is 14.3 Å². The lowest BCUT2D eigenvalue weighted by Gasteiger charge is -2.05. The zero-order valence-corrected chi connectivity index (χ0v) is 8.50. The van der Waals surface area contributed by atoms with E-state index in [2.05, 4.69) is 20.7 Å². The number of methoxy groups -OCH3 is 1. The summed E-state index contributed by atoms with van der Waals surface area (Å²) in [6, 6.07) is 4.98. The molecule has 5 heteroatoms. The van der Waals surface area contributed by atoms with Gasteiger partial charge in [0.2, 0.25) is 0 Å². The molecule has 0 aliphatic rings. The van der Waals surface area contributed by atoms with Gasteiger partial charge in [-0.05, 0) is 28.1 Å². The molecule has 13 heavy (non-hydrogen) atoms. The highest BCUT2D eigenvalue weighted by atomic mass is 79.9. The molecule has 70 valence electrons. The molecule has 1 aromatic rings. The van der Waals surface area contributed by atoms with Crippen LogP contribution in [0.5, 0.6) is 5.75 Å². The molecule has 1 aromatic carbocycles. The predicted octanol–water partition coefficient (Wildman–Crippen LogP) is 2.18. The lowest BCUT2D eigenvalue weighted by atomic mass is 10.3. The number of nitrogen functional groups attached to an aromatic ring is 1. The first-order valence-corrected chi connectivity index (χ1v) is 4.24. The van der Waals surface area contributed by atoms with E-state index in [0.717, 1.165) is 0 Å². The molecule has 0 heterocycles. The molecular formula is C8H8BrNO3. The Morgan fingerprint density at radius 2 is 2.23 bits per heavy atom. The van der Waals surface area contributed by atoms with Gasteiger partial charge in [-0.2, -0.15) is 0 Å². The van der Waals surface area contributed by atoms with Crippen LogP contribution in [-0.2, 0) is 4.74 Å². The van der Waals surface area contributed by atoms with E-state index in [-0.39, 0.29) is 0 Å². The van der Waals surface area contributed by atoms with Gasteiger partial charge in [0, 0.05) is 5.69 Å². The maximum atomic E-state index is 10.7. The van der Waals surface area contributed by atoms with Gasteiger partial charge in [-0.1, -0.05) is 6.07 Å². The van der Waals surface area contributed by atoms with Gasteiger partial charge in [-0.15, -0.1) is 0 Å². The van der Waals surface area contributed by atoms with Gasteiger partial charge < -0.3 is 15.2 Å². The summed E-state index contributed by atoms with van der Waals surface area (Å²) in [6.07, 6.45) is -0.772. The molecule has 1 rings (SSSR count). The Bertz CT molecular complexity index is 327. The minimum Gasteiger partial charge on any atom is -0.437 e. The first-order valence-electron chi connectivity index (χ1n) is 3.45. The second-order valence-corrected chi connectivity index (χ2v) is 3.01. The van der Waals surface area contributed by atoms with Gasteiger partial charge in [-0.3, -0.25) is 0 Å². The molecule has 0 aromatic heterocycles. The lowest BCUT2D eigenvalue weighted by molar-refractivity contribution is 0.121. The third-order valence-corrected chi connectivity index (χ3v) is 2.20. The SMILES string of the molecule is COC(=O)Oc1cccc(N)c1Br. The summed E-state index contributed by atoms with van der Waals surface area (Å²) in [7, 11) is 1.24. The van der Waals surface area contributed by atoms with E-state index in [0.29, 0.717) is 15.9 Å². The summed E-state index contributed by atoms with van der Waals surface area (Å²) in [5.41, 5.74) is 6.06. The third kappa shape index (κ3) is 2.35. The number of carbonyl (C=O) groups excluding carboxylic acids is 1. The van der Waals surface area contributed by atoms with Gasteiger partial charge in [0.15, 0.2) is 5.75 Å². The number of carbonyl (C=O) groups is 1. The van der Waals surface area contributed by atoms with Crippen LogP contribution < -0.4 is 10.5 Å². The van der Waals surface area contributed by atoms with E-state index < -0.39 is 6.16 Å². The highest BCUT2D eigenvalue weighted by Crippen LogP contribution is 2.30. The topological polar surface area (TPSA) is 61.5 Å². The number of hydrogen-bond donors (Lipinski definition) is 1. The molecule has 0 aliphatic heterocycles. The van der Waals surface area contributed by atoms with Crippen molar-refractivity contribution in [2.24, 2.45) is 0 Å². The number of halogens is 1. The molecule has 0 saturated carbocycles. The lowest BCUT2D eigenvalue weighted by Crippen LogP contribution is -2.07. The minimum absolute atomic E-state index is 0.340. The van der Waals surface area contributed by atoms with E-state index >= 15 is 0 Å². The first-order chi connectivity index (χ1) is 6.15. The van der Waals surface area contributed by atoms with E-state index in [9.17, 15) is 4.79 Å². The summed E-state index contributed by atoms with van der Waals surface area (Å²) in [4.78, 5) is 10.7. The Balaban J connectivity index is 2.89. The maximum absolute atomic E-state index is 10.7. The second-order valence-electron chi connectivity index (χ2n) is 2.22. The molecular weight excluding hydrogens is 238 g/mol. The van der Waals surface area contributed by atoms with Gasteiger partial charge in [0.05, 0.1) is 11.6 Å². The number of nitrogens with two attached hydrogens (primary N) is 1. The number of ether oxygens (including phenoxy) is 2. The molecule has 4 nitrogen and oxygen atoms in total. The molecule has 0 spiro atoms. The highest BCUT2D eigenvalue weighted by Gasteiger charge is 2.08. The molecule has 2 N–H and O–H groups in total. The molecule has 0 unspecified atom stereocenters. The van der Waals surface area contributed by atoms with Crippen molar-refractivity contribution in [1.82, 2.24) is 0 Å². The highest BCUT2D eigenvalue weighted by molar-refractivity contribution is 9.10. The summed E-state index contributed by atoms with van der Waals surface area (Å²) in [6.45, 7) is 0. The fourth-order valence-corrected chi connectivity index (χ4v) is 1.08. The normalized spacial score (nSPS) is 9.38. The number of anilines is 1. The average Bonchev–Trinajstić information content (AvgIpc) is 2.13. The van der Waals surface area contributed by atoms with Gasteiger partial charge in [0.1, 0.15) is 0 Å². The molecule has 0 atom stereocenters. The van der Waals surface area contributed by atoms with E-state index in [4.69, 9.17) is 10.5 Å². The van der Waals surface area contributed by atoms with Gasteiger partial charge in [-0.25, -0.2) is 4.79 Å². The van der Waals surface area contributed by atoms with Crippen LogP contribution >= 0.6 is 15.9 Å². The van der Waals surface area contributed by atoms with Crippen molar-refractivity contribution in [1.29, 1.82) is 0 Å². The minimum atomic E-state index is -0.772. The standard InChI is InChI=1S/C8H8BrNO3/c1-12-8(11)13-6-4-2-3-5(10)7(6)9/h2-4H,10H2,1H3. The number of rotatable bonds is 1. The van der Waals surface area contributed by atoms with Crippen molar-refractivity contribution in [3.8, 4) is 5.75 Å². The smallest absolute Gasteiger partial charge is 0.437 e. The van der Waals surface area contributed by atoms with E-state index in [1.165, 1.54) is 7.11 Å². The van der Waals surface area contributed by atoms with Crippen LogP contribution in [0.25, 0.3) is 0 Å². The zero-order chi connectivity index (χ0) is 9.84. The monoisotopic (exact) mass is 245 g/mol. The molecule has 0 saturated heterocycles. The molecule has 0 amide bonds. The average molecular weight is 246 g/mol. The maximum Gasteiger partial charge on any atom is 0.513 e. The Hall–Kier alpha value is -1.23. The van der Waals surface area contributed by atoms with E-state index in [1.54, 1.807) is 18.2 Å². The second kappa shape index (κ2) is 4.13. The molecule has 0 fully saturated rings. The van der Waals surface area contributed by atoms with Crippen molar-refractivity contribution in [3.63, 3.8) is 0 Å². The summed E-state index contributed by atoms with van der Waals surface area (Å²) in [5.74, 6) is 0.340. The van der Waals surface area contributed by atoms with Crippen molar-refractivity contribution in [2.45, 2.75) is 0 Å². The fraction of sp³-hybridized carbons (Fsp3) is 0.125. The number of hydrogen-bond acceptors (Lipinski definition) is 4. The Labute approximate surface area is 83.8 Å². The van der Waals surface area contributed by atoms with Gasteiger partial charge >= 0.3 is 6.16 Å². The summed E-state index contributed by atoms with van der Waals surface area (Å²) >= 11 is 3.18. The van der Waals surface area contributed by atoms with Crippen LogP contribution in [0.15, 0.2) is 22.7 Å². The van der Waals surface area contributed by atoms with Crippen LogP contribution in [0.2, 0.25) is 0 Å². The van der Waals surface area contributed by atoms with Crippen molar-refractivity contribution >= 4 is 27.8 Å². The first kappa shape index (κ1) is 9.85. The van der Waals surface area contributed by atoms with Crippen molar-refractivity contribution in [3.05, 3.63) is 22.7 Å². The van der Waals surface area contributed by atoms with Crippen LogP contribution in [-0.4, -0.2) is 13.3 Å². The third-order valence-electron chi connectivity index (χ3n) is 1.35. The largest absolute Gasteiger partial charge is 0.513 e. The van der Waals surface area contributed by atoms with E-state index in [1.807, 2.05) is 0 Å². The van der Waals surface area contributed by atoms with Crippen LogP contribution in [0.1, 0.15) is 0 Å². The number of benzene rings is 1. The Morgan fingerprint density at radius 1 is 1.54 bits per heavy atom.